The minimum absolute atomic E-state index is 0. The Morgan fingerprint density at radius 1 is 1.02 bits per heavy atom. The number of H-pyrrole nitrogens is 1. The molecule has 3 aromatic rings. The largest absolute Gasteiger partial charge is 2.00 e. The number of allylic oxidation sites excluding steroid dienone is 3. The molecule has 9 nitrogen and oxygen atoms in total. The molecule has 0 unspecified atom stereocenters. The van der Waals surface area contributed by atoms with Crippen LogP contribution < -0.4 is 26.0 Å². The maximum Gasteiger partial charge on any atom is 2.00 e. The second kappa shape index (κ2) is 17.2. The van der Waals surface area contributed by atoms with Gasteiger partial charge in [0.1, 0.15) is 12.5 Å². The van der Waals surface area contributed by atoms with Gasteiger partial charge in [0.2, 0.25) is 0 Å². The van der Waals surface area contributed by atoms with Crippen LogP contribution in [0.15, 0.2) is 29.6 Å². The summed E-state index contributed by atoms with van der Waals surface area (Å²) in [5, 5.41) is 5.31. The van der Waals surface area contributed by atoms with Gasteiger partial charge in [0.25, 0.3) is 0 Å². The zero-order valence-electron chi connectivity index (χ0n) is 34.0. The molecule has 3 aromatic heterocycles. The van der Waals surface area contributed by atoms with Crippen molar-refractivity contribution < 1.29 is 23.9 Å². The van der Waals surface area contributed by atoms with Crippen molar-refractivity contribution in [1.82, 2.24) is 20.3 Å². The van der Waals surface area contributed by atoms with E-state index in [9.17, 15) is 14.4 Å². The first-order valence-electron chi connectivity index (χ1n) is 19.3. The van der Waals surface area contributed by atoms with E-state index < -0.39 is 11.9 Å². The van der Waals surface area contributed by atoms with Gasteiger partial charge in [-0.05, 0) is 82.6 Å². The molecule has 1 aliphatic carbocycles. The number of ketones is 1. The smallest absolute Gasteiger partial charge is 0.657 e. The van der Waals surface area contributed by atoms with E-state index in [-0.39, 0.29) is 59.7 Å². The predicted molar refractivity (Wildman–Crippen MR) is 219 cm³/mol. The number of methoxy groups -OCH3 is 1. The number of ether oxygens (including phenoxy) is 2. The van der Waals surface area contributed by atoms with E-state index in [1.807, 2.05) is 25.2 Å². The Kier molecular flexibility index (Phi) is 13.1. The van der Waals surface area contributed by atoms with Crippen LogP contribution in [0.3, 0.4) is 0 Å². The van der Waals surface area contributed by atoms with E-state index in [1.165, 1.54) is 19.1 Å². The van der Waals surface area contributed by atoms with Crippen LogP contribution in [0, 0.1) is 44.4 Å². The zero-order chi connectivity index (χ0) is 39.0. The summed E-state index contributed by atoms with van der Waals surface area (Å²) in [5.41, 5.74) is 11.6. The number of hydrogen-bond acceptors (Lipinski definition) is 6. The van der Waals surface area contributed by atoms with E-state index in [0.717, 1.165) is 69.3 Å². The first-order valence-corrected chi connectivity index (χ1v) is 19.3. The average molecular weight is 755 g/mol. The maximum atomic E-state index is 14.3. The fourth-order valence-corrected chi connectivity index (χ4v) is 8.34. The van der Waals surface area contributed by atoms with E-state index >= 15 is 0 Å². The van der Waals surface area contributed by atoms with Crippen LogP contribution in [0.5, 0.6) is 0 Å². The van der Waals surface area contributed by atoms with Crippen molar-refractivity contribution in [2.45, 2.75) is 93.9 Å². The molecular weight excluding hydrogens is 701 g/mol. The maximum absolute atomic E-state index is 14.3. The molecule has 1 fully saturated rings. The number of nitrogens with one attached hydrogen (secondary N) is 2. The summed E-state index contributed by atoms with van der Waals surface area (Å²) in [5.74, 6) is -2.12. The Balaban J connectivity index is 0.00000580. The van der Waals surface area contributed by atoms with Crippen LogP contribution in [0.25, 0.3) is 29.9 Å². The SMILES string of the molecule is C=Cc1c2[nH]c(c1C)/C=C1\N/C(=C3\c4[n-]c(c(C)c4C(=O)[C@@H]3C(=O)OC)/C=c3\[n-]/c(c(C)c3CC)=C\2)[C@@H](CCC(=O)OC/C=C(\C)CCCC(C)C)[C@@H]1C.[Mg+2]. The molecule has 5 heterocycles. The van der Waals surface area contributed by atoms with Gasteiger partial charge in [-0.2, -0.15) is 0 Å². The number of aromatic amines is 1. The summed E-state index contributed by atoms with van der Waals surface area (Å²) in [7, 11) is 1.30. The number of rotatable bonds is 12. The quantitative estimate of drug-likeness (QED) is 0.0951. The molecule has 0 radical (unpaired) electrons. The molecule has 2 aliphatic heterocycles. The number of hydrogen-bond donors (Lipinski definition) is 2. The van der Waals surface area contributed by atoms with E-state index in [4.69, 9.17) is 19.4 Å². The molecule has 3 aliphatic rings. The van der Waals surface area contributed by atoms with Gasteiger partial charge in [0.05, 0.1) is 7.11 Å². The minimum atomic E-state index is -1.18. The molecule has 0 saturated carbocycles. The van der Waals surface area contributed by atoms with Gasteiger partial charge in [0, 0.05) is 52.2 Å². The summed E-state index contributed by atoms with van der Waals surface area (Å²) >= 11 is 0. The number of carbonyl (C=O) groups excluding carboxylic acids is 3. The molecule has 0 aromatic carbocycles. The Bertz CT molecular complexity index is 2240. The Hall–Kier alpha value is -4.28. The number of carbonyl (C=O) groups is 3. The molecule has 10 heteroatoms. The standard InChI is InChI=1S/C45H55N4O5.Mg/c1-11-29-25(6)32-20-34-27(8)31(16-17-38(50)54-19-18-24(5)15-13-14-23(3)4)42(48-34)40-41(45(52)53-10)44(51)39-28(9)35(49-43(39)40)22-37-30(12-2)26(7)33(47-37)21-36(29)46-32;/h11,18,20-23,27,31,41,46H,1,12-17,19H2,2-10H3,(H2,48,49,51);/q-1;+2/p-1/b24-18+,33-21-,34-20-,37-22-;/t27-,31-,41+;/m0./s1. The molecule has 1 saturated heterocycles. The average Bonchev–Trinajstić information content (AvgIpc) is 3.87. The van der Waals surface area contributed by atoms with Gasteiger partial charge < -0.3 is 29.7 Å². The number of esters is 2. The molecule has 8 bridgehead atoms. The van der Waals surface area contributed by atoms with Crippen LogP contribution in [0.2, 0.25) is 0 Å². The van der Waals surface area contributed by atoms with Gasteiger partial charge >= 0.3 is 35.0 Å². The fourth-order valence-electron chi connectivity index (χ4n) is 8.34. The van der Waals surface area contributed by atoms with Crippen LogP contribution >= 0.6 is 0 Å². The normalized spacial score (nSPS) is 22.2. The fraction of sp³-hybridized carbons (Fsp3) is 0.444. The van der Waals surface area contributed by atoms with Crippen molar-refractivity contribution in [2.24, 2.45) is 23.7 Å². The number of nitrogens with zero attached hydrogens (tertiary/aromatic N) is 2. The van der Waals surface area contributed by atoms with E-state index in [2.05, 4.69) is 77.5 Å². The Morgan fingerprint density at radius 2 is 1.76 bits per heavy atom. The molecule has 2 N–H and O–H groups in total. The molecule has 0 spiro atoms. The summed E-state index contributed by atoms with van der Waals surface area (Å²) in [6.45, 7) is 21.1. The molecular formula is C45H54MgN4O5. The predicted octanol–water partition coefficient (Wildman–Crippen LogP) is 6.34. The Labute approximate surface area is 341 Å². The van der Waals surface area contributed by atoms with E-state index in [1.54, 1.807) is 0 Å². The van der Waals surface area contributed by atoms with Crippen molar-refractivity contribution >= 4 is 70.7 Å². The van der Waals surface area contributed by atoms with Crippen molar-refractivity contribution in [3.05, 3.63) is 96.5 Å². The number of fused-ring (bicyclic) bond motifs is 7. The van der Waals surface area contributed by atoms with Crippen molar-refractivity contribution in [3.8, 4) is 0 Å². The van der Waals surface area contributed by atoms with Crippen molar-refractivity contribution in [3.63, 3.8) is 0 Å². The summed E-state index contributed by atoms with van der Waals surface area (Å²) in [4.78, 5) is 54.7. The molecule has 3 atom stereocenters. The molecule has 286 valence electrons. The third-order valence-corrected chi connectivity index (χ3v) is 11.6. The van der Waals surface area contributed by atoms with Crippen molar-refractivity contribution in [2.75, 3.05) is 13.7 Å². The van der Waals surface area contributed by atoms with Crippen LogP contribution in [-0.4, -0.2) is 59.5 Å². The van der Waals surface area contributed by atoms with Gasteiger partial charge in [-0.15, -0.1) is 22.1 Å². The number of aromatic nitrogens is 3. The van der Waals surface area contributed by atoms with Gasteiger partial charge in [-0.1, -0.05) is 81.2 Å². The second-order valence-electron chi connectivity index (χ2n) is 15.5. The van der Waals surface area contributed by atoms with Crippen LogP contribution in [-0.2, 0) is 25.5 Å². The monoisotopic (exact) mass is 754 g/mol. The first-order chi connectivity index (χ1) is 25.8. The third kappa shape index (κ3) is 8.03. The van der Waals surface area contributed by atoms with Gasteiger partial charge in [-0.3, -0.25) is 14.4 Å². The Morgan fingerprint density at radius 3 is 2.44 bits per heavy atom. The van der Waals surface area contributed by atoms with Crippen molar-refractivity contribution in [1.29, 1.82) is 0 Å². The first kappa shape index (κ1) is 41.9. The molecule has 6 rings (SSSR count). The topological polar surface area (TPSA) is 126 Å². The van der Waals surface area contributed by atoms with Gasteiger partial charge in [0.15, 0.2) is 5.78 Å². The summed E-state index contributed by atoms with van der Waals surface area (Å²) in [6, 6.07) is 0. The molecule has 0 amide bonds. The summed E-state index contributed by atoms with van der Waals surface area (Å²) < 4.78 is 10.9. The second-order valence-corrected chi connectivity index (χ2v) is 15.5. The van der Waals surface area contributed by atoms with E-state index in [0.29, 0.717) is 46.1 Å². The summed E-state index contributed by atoms with van der Waals surface area (Å²) in [6.07, 6.45) is 14.6. The van der Waals surface area contributed by atoms with Crippen LogP contribution in [0.4, 0.5) is 0 Å². The zero-order valence-corrected chi connectivity index (χ0v) is 35.4. The van der Waals surface area contributed by atoms with Crippen LogP contribution in [0.1, 0.15) is 128 Å². The third-order valence-electron chi connectivity index (χ3n) is 11.6. The minimum Gasteiger partial charge on any atom is -0.657 e. The number of Topliss-reactive ketones (excluding diaryl/α,β-unsaturated/α-hetero) is 1. The van der Waals surface area contributed by atoms with Gasteiger partial charge in [-0.25, -0.2) is 0 Å². The molecule has 55 heavy (non-hydrogen) atoms.